The fourth-order valence-electron chi connectivity index (χ4n) is 2.61. The molecule has 2 aromatic rings. The van der Waals surface area contributed by atoms with Crippen LogP contribution in [0.2, 0.25) is 0 Å². The molecule has 2 aromatic carbocycles. The van der Waals surface area contributed by atoms with Gasteiger partial charge in [0.15, 0.2) is 23.0 Å². The van der Waals surface area contributed by atoms with E-state index in [1.54, 1.807) is 32.4 Å². The summed E-state index contributed by atoms with van der Waals surface area (Å²) in [6.07, 6.45) is 0.322. The van der Waals surface area contributed by atoms with E-state index in [4.69, 9.17) is 18.9 Å². The Bertz CT molecular complexity index is 779. The van der Waals surface area contributed by atoms with E-state index in [0.717, 1.165) is 5.69 Å². The first kappa shape index (κ1) is 17.7. The maximum absolute atomic E-state index is 12.1. The Labute approximate surface area is 152 Å². The van der Waals surface area contributed by atoms with Gasteiger partial charge in [0.05, 0.1) is 14.2 Å². The van der Waals surface area contributed by atoms with Gasteiger partial charge in [0, 0.05) is 36.5 Å². The zero-order valence-electron chi connectivity index (χ0n) is 14.8. The lowest BCUT2D eigenvalue weighted by Gasteiger charge is -2.19. The highest BCUT2D eigenvalue weighted by molar-refractivity contribution is 5.91. The normalized spacial score (nSPS) is 12.2. The van der Waals surface area contributed by atoms with Gasteiger partial charge in [-0.25, -0.2) is 0 Å². The summed E-state index contributed by atoms with van der Waals surface area (Å²) in [5, 5.41) is 6.06. The Morgan fingerprint density at radius 2 is 1.69 bits per heavy atom. The van der Waals surface area contributed by atoms with Crippen LogP contribution in [0, 0.1) is 0 Å². The summed E-state index contributed by atoms with van der Waals surface area (Å²) in [7, 11) is 3.18. The summed E-state index contributed by atoms with van der Waals surface area (Å²) >= 11 is 0. The lowest BCUT2D eigenvalue weighted by molar-refractivity contribution is -0.115. The molecule has 0 radical (unpaired) electrons. The van der Waals surface area contributed by atoms with E-state index >= 15 is 0 Å². The number of anilines is 2. The summed E-state index contributed by atoms with van der Waals surface area (Å²) in [5.41, 5.74) is 1.54. The highest BCUT2D eigenvalue weighted by atomic mass is 16.6. The highest BCUT2D eigenvalue weighted by Crippen LogP contribution is 2.32. The van der Waals surface area contributed by atoms with Crippen molar-refractivity contribution in [3.05, 3.63) is 36.4 Å². The number of ether oxygens (including phenoxy) is 4. The molecule has 7 nitrogen and oxygen atoms in total. The van der Waals surface area contributed by atoms with Crippen LogP contribution in [0.5, 0.6) is 23.0 Å². The molecule has 0 saturated carbocycles. The lowest BCUT2D eigenvalue weighted by Crippen LogP contribution is -2.18. The molecule has 0 bridgehead atoms. The number of methoxy groups -OCH3 is 2. The first-order chi connectivity index (χ1) is 12.7. The van der Waals surface area contributed by atoms with Gasteiger partial charge in [-0.1, -0.05) is 0 Å². The third-order valence-electron chi connectivity index (χ3n) is 3.89. The smallest absolute Gasteiger partial charge is 0.226 e. The van der Waals surface area contributed by atoms with E-state index in [1.807, 2.05) is 18.2 Å². The van der Waals surface area contributed by atoms with Gasteiger partial charge >= 0.3 is 0 Å². The molecule has 0 saturated heterocycles. The summed E-state index contributed by atoms with van der Waals surface area (Å²) in [4.78, 5) is 12.1. The average molecular weight is 358 g/mol. The first-order valence-corrected chi connectivity index (χ1v) is 8.35. The maximum Gasteiger partial charge on any atom is 0.226 e. The van der Waals surface area contributed by atoms with Crippen molar-refractivity contribution in [1.82, 2.24) is 0 Å². The molecule has 26 heavy (non-hydrogen) atoms. The summed E-state index contributed by atoms with van der Waals surface area (Å²) < 4.78 is 21.4. The molecule has 0 atom stereocenters. The molecule has 0 unspecified atom stereocenters. The summed E-state index contributed by atoms with van der Waals surface area (Å²) in [6, 6.07) is 10.9. The van der Waals surface area contributed by atoms with Crippen LogP contribution in [-0.2, 0) is 4.79 Å². The summed E-state index contributed by atoms with van der Waals surface area (Å²) in [5.74, 6) is 2.56. The van der Waals surface area contributed by atoms with Crippen LogP contribution in [0.4, 0.5) is 11.4 Å². The number of amides is 1. The van der Waals surface area contributed by atoms with Crippen molar-refractivity contribution >= 4 is 17.3 Å². The number of rotatable bonds is 7. The van der Waals surface area contributed by atoms with E-state index in [0.29, 0.717) is 54.9 Å². The third-order valence-corrected chi connectivity index (χ3v) is 3.89. The van der Waals surface area contributed by atoms with Crippen LogP contribution < -0.4 is 29.6 Å². The minimum absolute atomic E-state index is 0.0883. The summed E-state index contributed by atoms with van der Waals surface area (Å²) in [6.45, 7) is 1.55. The van der Waals surface area contributed by atoms with E-state index in [-0.39, 0.29) is 5.91 Å². The van der Waals surface area contributed by atoms with Gasteiger partial charge in [0.1, 0.15) is 13.2 Å². The van der Waals surface area contributed by atoms with Crippen molar-refractivity contribution < 1.29 is 23.7 Å². The zero-order valence-corrected chi connectivity index (χ0v) is 14.8. The van der Waals surface area contributed by atoms with Crippen LogP contribution in [0.25, 0.3) is 0 Å². The molecule has 1 heterocycles. The standard InChI is InChI=1S/C19H22N2O5/c1-23-15-5-3-13(11-17(15)24-2)20-8-7-19(22)21-14-4-6-16-18(12-14)26-10-9-25-16/h3-6,11-12,20H,7-10H2,1-2H3,(H,21,22). The topological polar surface area (TPSA) is 78.1 Å². The second-order valence-electron chi connectivity index (χ2n) is 5.65. The second-order valence-corrected chi connectivity index (χ2v) is 5.65. The molecule has 3 rings (SSSR count). The minimum Gasteiger partial charge on any atom is -0.493 e. The molecule has 0 spiro atoms. The van der Waals surface area contributed by atoms with E-state index < -0.39 is 0 Å². The van der Waals surface area contributed by atoms with Gasteiger partial charge < -0.3 is 29.6 Å². The number of hydrogen-bond donors (Lipinski definition) is 2. The molecular weight excluding hydrogens is 336 g/mol. The number of benzene rings is 2. The highest BCUT2D eigenvalue weighted by Gasteiger charge is 2.12. The van der Waals surface area contributed by atoms with Gasteiger partial charge in [-0.15, -0.1) is 0 Å². The van der Waals surface area contributed by atoms with Crippen molar-refractivity contribution in [2.24, 2.45) is 0 Å². The number of fused-ring (bicyclic) bond motifs is 1. The number of carbonyl (C=O) groups excluding carboxylic acids is 1. The van der Waals surface area contributed by atoms with Gasteiger partial charge in [-0.05, 0) is 24.3 Å². The molecule has 0 fully saturated rings. The molecule has 1 aliphatic heterocycles. The molecular formula is C19H22N2O5. The lowest BCUT2D eigenvalue weighted by atomic mass is 10.2. The molecule has 2 N–H and O–H groups in total. The van der Waals surface area contributed by atoms with Crippen molar-refractivity contribution in [2.75, 3.05) is 44.6 Å². The fourth-order valence-corrected chi connectivity index (χ4v) is 2.61. The van der Waals surface area contributed by atoms with Crippen LogP contribution in [0.3, 0.4) is 0 Å². The van der Waals surface area contributed by atoms with E-state index in [9.17, 15) is 4.79 Å². The monoisotopic (exact) mass is 358 g/mol. The molecule has 1 amide bonds. The SMILES string of the molecule is COc1ccc(NCCC(=O)Nc2ccc3c(c2)OCCO3)cc1OC. The first-order valence-electron chi connectivity index (χ1n) is 8.35. The molecule has 1 aliphatic rings. The minimum atomic E-state index is -0.0883. The molecule has 138 valence electrons. The molecule has 0 aliphatic carbocycles. The average Bonchev–Trinajstić information content (AvgIpc) is 2.67. The van der Waals surface area contributed by atoms with Crippen LogP contribution in [-0.4, -0.2) is 39.9 Å². The van der Waals surface area contributed by atoms with E-state index in [1.165, 1.54) is 0 Å². The predicted octanol–water partition coefficient (Wildman–Crippen LogP) is 2.92. The molecule has 7 heteroatoms. The van der Waals surface area contributed by atoms with Crippen LogP contribution in [0.15, 0.2) is 36.4 Å². The second kappa shape index (κ2) is 8.33. The van der Waals surface area contributed by atoms with Crippen molar-refractivity contribution in [3.8, 4) is 23.0 Å². The Kier molecular flexibility index (Phi) is 5.68. The number of nitrogens with one attached hydrogen (secondary N) is 2. The zero-order chi connectivity index (χ0) is 18.4. The van der Waals surface area contributed by atoms with Gasteiger partial charge in [-0.3, -0.25) is 4.79 Å². The quantitative estimate of drug-likeness (QED) is 0.792. The predicted molar refractivity (Wildman–Crippen MR) is 98.7 cm³/mol. The number of carbonyl (C=O) groups is 1. The van der Waals surface area contributed by atoms with Crippen LogP contribution in [0.1, 0.15) is 6.42 Å². The Morgan fingerprint density at radius 3 is 2.46 bits per heavy atom. The van der Waals surface area contributed by atoms with Crippen LogP contribution >= 0.6 is 0 Å². The number of hydrogen-bond acceptors (Lipinski definition) is 6. The maximum atomic E-state index is 12.1. The van der Waals surface area contributed by atoms with Crippen molar-refractivity contribution in [2.45, 2.75) is 6.42 Å². The fraction of sp³-hybridized carbons (Fsp3) is 0.316. The third kappa shape index (κ3) is 4.30. The Hall–Kier alpha value is -3.09. The molecule has 0 aromatic heterocycles. The van der Waals surface area contributed by atoms with Crippen molar-refractivity contribution in [3.63, 3.8) is 0 Å². The van der Waals surface area contributed by atoms with Gasteiger partial charge in [0.2, 0.25) is 5.91 Å². The van der Waals surface area contributed by atoms with Crippen molar-refractivity contribution in [1.29, 1.82) is 0 Å². The Balaban J connectivity index is 1.50. The van der Waals surface area contributed by atoms with Gasteiger partial charge in [0.25, 0.3) is 0 Å². The largest absolute Gasteiger partial charge is 0.493 e. The Morgan fingerprint density at radius 1 is 0.962 bits per heavy atom. The van der Waals surface area contributed by atoms with Gasteiger partial charge in [-0.2, -0.15) is 0 Å². The van der Waals surface area contributed by atoms with E-state index in [2.05, 4.69) is 10.6 Å².